The number of anilines is 1. The number of Topliss-reactive ketones (excluding diaryl/α,β-unsaturated/α-hetero) is 4. The molecule has 5 N–H and O–H groups in total. The van der Waals surface area contributed by atoms with Gasteiger partial charge in [0.05, 0.1) is 30.2 Å². The largest absolute Gasteiger partial charge is 0.507 e. The molecule has 3 aliphatic rings. The van der Waals surface area contributed by atoms with Crippen molar-refractivity contribution in [2.45, 2.75) is 51.0 Å². The molecule has 2 unspecified atom stereocenters. The van der Waals surface area contributed by atoms with E-state index in [0.29, 0.717) is 25.3 Å². The van der Waals surface area contributed by atoms with Crippen LogP contribution in [0.2, 0.25) is 0 Å². The Morgan fingerprint density at radius 3 is 2.39 bits per heavy atom. The van der Waals surface area contributed by atoms with Crippen molar-refractivity contribution in [1.82, 2.24) is 10.2 Å². The highest BCUT2D eigenvalue weighted by atomic mass is 16.5. The number of hydrogen-bond acceptors (Lipinski definition) is 11. The number of nitrogens with two attached hydrogens (primary N) is 1. The van der Waals surface area contributed by atoms with Crippen LogP contribution in [0, 0.1) is 23.7 Å². The molecule has 12 heteroatoms. The van der Waals surface area contributed by atoms with Gasteiger partial charge in [-0.1, -0.05) is 0 Å². The number of phenolic OH excluding ortho intramolecular Hbond substituents is 1. The number of aromatic hydroxyl groups is 1. The maximum Gasteiger partial charge on any atom is 0.235 e. The highest BCUT2D eigenvalue weighted by molar-refractivity contribution is 6.32. The van der Waals surface area contributed by atoms with Crippen LogP contribution in [-0.2, 0) is 36.9 Å². The Balaban J connectivity index is 1.76. The number of nitrogens with zero attached hydrogens (tertiary/aromatic N) is 2. The molecule has 2 saturated carbocycles. The zero-order chi connectivity index (χ0) is 30.5. The second kappa shape index (κ2) is 11.2. The van der Waals surface area contributed by atoms with Crippen molar-refractivity contribution in [3.8, 4) is 5.75 Å². The minimum atomic E-state index is -2.74. The van der Waals surface area contributed by atoms with E-state index >= 15 is 0 Å². The molecule has 0 aromatic heterocycles. The van der Waals surface area contributed by atoms with E-state index < -0.39 is 64.4 Å². The molecule has 6 atom stereocenters. The number of rotatable bonds is 9. The number of primary amides is 1. The van der Waals surface area contributed by atoms with E-state index in [1.54, 1.807) is 14.1 Å². The summed E-state index contributed by atoms with van der Waals surface area (Å²) < 4.78 is 5.57. The number of nitrogens with one attached hydrogen (secondary N) is 1. The van der Waals surface area contributed by atoms with E-state index in [-0.39, 0.29) is 30.3 Å². The number of benzene rings is 1. The minimum absolute atomic E-state index is 0.00649. The number of carbonyl (C=O) groups excluding carboxylic acids is 5. The minimum Gasteiger partial charge on any atom is -0.507 e. The van der Waals surface area contributed by atoms with E-state index in [4.69, 9.17) is 10.5 Å². The predicted octanol–water partition coefficient (Wildman–Crippen LogP) is -0.552. The van der Waals surface area contributed by atoms with Gasteiger partial charge in [0.15, 0.2) is 34.7 Å². The van der Waals surface area contributed by atoms with Gasteiger partial charge in [-0.2, -0.15) is 0 Å². The lowest BCUT2D eigenvalue weighted by Crippen LogP contribution is -2.74. The molecule has 1 aromatic rings. The van der Waals surface area contributed by atoms with E-state index in [1.807, 2.05) is 32.8 Å². The van der Waals surface area contributed by atoms with Gasteiger partial charge in [0.1, 0.15) is 5.75 Å². The summed E-state index contributed by atoms with van der Waals surface area (Å²) >= 11 is 0. The Hall–Kier alpha value is -3.19. The van der Waals surface area contributed by atoms with Gasteiger partial charge in [-0.25, -0.2) is 0 Å². The fourth-order valence-electron chi connectivity index (χ4n) is 7.01. The van der Waals surface area contributed by atoms with Crippen LogP contribution < -0.4 is 16.0 Å². The van der Waals surface area contributed by atoms with Crippen molar-refractivity contribution in [2.24, 2.45) is 29.4 Å². The summed E-state index contributed by atoms with van der Waals surface area (Å²) in [5.41, 5.74) is 4.65. The number of likely N-dealkylation sites (N-methyl/N-ethyl adjacent to an activating group) is 1. The molecule has 12 nitrogen and oxygen atoms in total. The molecule has 0 spiro atoms. The van der Waals surface area contributed by atoms with Gasteiger partial charge in [-0.3, -0.25) is 28.9 Å². The van der Waals surface area contributed by atoms with Gasteiger partial charge in [0.2, 0.25) is 5.91 Å². The van der Waals surface area contributed by atoms with Gasteiger partial charge in [-0.05, 0) is 63.9 Å². The number of hydrogen-bond donors (Lipinski definition) is 4. The molecular formula is C29H40N4O8. The van der Waals surface area contributed by atoms with Crippen LogP contribution in [0.5, 0.6) is 5.75 Å². The third kappa shape index (κ3) is 4.96. The normalized spacial score (nSPS) is 29.4. The van der Waals surface area contributed by atoms with E-state index in [2.05, 4.69) is 5.32 Å². The fourth-order valence-corrected chi connectivity index (χ4v) is 7.01. The number of fused-ring (bicyclic) bond motifs is 3. The third-order valence-electron chi connectivity index (χ3n) is 8.61. The molecular weight excluding hydrogens is 532 g/mol. The van der Waals surface area contributed by atoms with Crippen LogP contribution in [0.15, 0.2) is 6.07 Å². The second-order valence-electron chi connectivity index (χ2n) is 12.0. The summed E-state index contributed by atoms with van der Waals surface area (Å²) in [7, 11) is 6.76. The maximum absolute atomic E-state index is 13.9. The molecule has 224 valence electrons. The first-order valence-corrected chi connectivity index (χ1v) is 13.9. The molecule has 0 saturated heterocycles. The molecule has 0 radical (unpaired) electrons. The fraction of sp³-hybridized carbons (Fsp3) is 0.621. The summed E-state index contributed by atoms with van der Waals surface area (Å²) in [5.74, 6) is -10.6. The third-order valence-corrected chi connectivity index (χ3v) is 8.61. The van der Waals surface area contributed by atoms with Crippen LogP contribution in [0.25, 0.3) is 0 Å². The highest BCUT2D eigenvalue weighted by Crippen LogP contribution is 2.52. The Labute approximate surface area is 239 Å². The number of aliphatic hydroxyl groups is 1. The summed E-state index contributed by atoms with van der Waals surface area (Å²) in [6.07, 6.45) is 0.310. The quantitative estimate of drug-likeness (QED) is 0.220. The molecule has 2 fully saturated rings. The van der Waals surface area contributed by atoms with E-state index in [1.165, 1.54) is 11.0 Å². The molecule has 0 heterocycles. The first-order valence-electron chi connectivity index (χ1n) is 13.9. The van der Waals surface area contributed by atoms with Gasteiger partial charge in [0.25, 0.3) is 0 Å². The van der Waals surface area contributed by atoms with Crippen LogP contribution in [-0.4, -0.2) is 103 Å². The molecule has 41 heavy (non-hydrogen) atoms. The number of carbonyl (C=O) groups is 5. The summed E-state index contributed by atoms with van der Waals surface area (Å²) in [6.45, 7) is 5.36. The first-order chi connectivity index (χ1) is 19.1. The van der Waals surface area contributed by atoms with Gasteiger partial charge >= 0.3 is 0 Å². The van der Waals surface area contributed by atoms with E-state index in [9.17, 15) is 34.2 Å². The van der Waals surface area contributed by atoms with Gasteiger partial charge in [0, 0.05) is 38.8 Å². The van der Waals surface area contributed by atoms with Crippen molar-refractivity contribution in [2.75, 3.05) is 46.2 Å². The van der Waals surface area contributed by atoms with Crippen LogP contribution in [0.4, 0.5) is 5.69 Å². The van der Waals surface area contributed by atoms with Crippen molar-refractivity contribution in [1.29, 1.82) is 0 Å². The molecule has 0 aliphatic heterocycles. The Kier molecular flexibility index (Phi) is 8.43. The zero-order valence-corrected chi connectivity index (χ0v) is 24.4. The molecule has 1 amide bonds. The number of ketones is 4. The Morgan fingerprint density at radius 1 is 1.17 bits per heavy atom. The average molecular weight is 573 g/mol. The molecule has 0 bridgehead atoms. The van der Waals surface area contributed by atoms with Crippen LogP contribution in [0.1, 0.15) is 41.8 Å². The zero-order valence-electron chi connectivity index (χ0n) is 24.4. The lowest BCUT2D eigenvalue weighted by Gasteiger charge is -2.52. The first kappa shape index (κ1) is 30.8. The smallest absolute Gasteiger partial charge is 0.235 e. The second-order valence-corrected chi connectivity index (χ2v) is 12.0. The summed E-state index contributed by atoms with van der Waals surface area (Å²) in [6, 6.07) is 0.352. The Morgan fingerprint density at radius 2 is 1.83 bits per heavy atom. The number of ether oxygens (including phenoxy) is 1. The van der Waals surface area contributed by atoms with Crippen molar-refractivity contribution < 1.29 is 38.9 Å². The van der Waals surface area contributed by atoms with E-state index in [0.717, 1.165) is 11.3 Å². The molecule has 3 aliphatic carbocycles. The SMILES string of the molecule is CC(C)OCCNCc1cc(O)c2c(c1N(C)C)C[C@H]1C[C@H]3[C@H](N(C)C)C(=O)C(C(N)=O)C(=O)[C@@]3(O)C(=O)C1C2=O. The summed E-state index contributed by atoms with van der Waals surface area (Å²) in [4.78, 5) is 70.0. The standard InChI is InChI=1S/C29H40N4O8/c1-13(2)41-8-7-31-12-15-11-18(34)20-16(22(15)32(3)4)9-14-10-17-23(33(5)6)25(36)21(28(30)39)27(38)29(17,40)26(37)19(14)24(20)35/h11,13-14,17,19,21,23,31,34,40H,7-10,12H2,1-6H3,(H2,30,39)/t14-,17-,19?,21?,23-,29-/m0/s1. The van der Waals surface area contributed by atoms with Gasteiger partial charge in [-0.15, -0.1) is 0 Å². The van der Waals surface area contributed by atoms with Crippen molar-refractivity contribution in [3.05, 3.63) is 22.8 Å². The number of phenols is 1. The van der Waals surface area contributed by atoms with Crippen LogP contribution in [0.3, 0.4) is 0 Å². The van der Waals surface area contributed by atoms with Crippen molar-refractivity contribution in [3.63, 3.8) is 0 Å². The average Bonchev–Trinajstić information content (AvgIpc) is 2.85. The van der Waals surface area contributed by atoms with Crippen LogP contribution >= 0.6 is 0 Å². The Bertz CT molecular complexity index is 1290. The molecule has 1 aromatic carbocycles. The predicted molar refractivity (Wildman–Crippen MR) is 148 cm³/mol. The highest BCUT2D eigenvalue weighted by Gasteiger charge is 2.69. The van der Waals surface area contributed by atoms with Crippen molar-refractivity contribution >= 4 is 34.7 Å². The maximum atomic E-state index is 13.9. The summed E-state index contributed by atoms with van der Waals surface area (Å²) in [5, 5.41) is 26.0. The lowest BCUT2D eigenvalue weighted by atomic mass is 9.52. The number of amides is 1. The topological polar surface area (TPSA) is 180 Å². The monoisotopic (exact) mass is 572 g/mol. The lowest BCUT2D eigenvalue weighted by molar-refractivity contribution is -0.181. The van der Waals surface area contributed by atoms with Gasteiger partial charge < -0.3 is 30.9 Å². The molecule has 4 rings (SSSR count).